The van der Waals surface area contributed by atoms with Gasteiger partial charge in [-0.1, -0.05) is 6.07 Å². The molecule has 0 bridgehead atoms. The van der Waals surface area contributed by atoms with Crippen molar-refractivity contribution in [2.45, 2.75) is 19.5 Å². The minimum absolute atomic E-state index is 0.0250. The molecule has 178 valence electrons. The van der Waals surface area contributed by atoms with Gasteiger partial charge in [-0.15, -0.1) is 0 Å². The highest BCUT2D eigenvalue weighted by Gasteiger charge is 2.37. The quantitative estimate of drug-likeness (QED) is 0.551. The van der Waals surface area contributed by atoms with Gasteiger partial charge in [-0.3, -0.25) is 9.59 Å². The molecule has 0 spiro atoms. The molecule has 1 fully saturated rings. The van der Waals surface area contributed by atoms with E-state index in [1.165, 1.54) is 23.2 Å². The molecule has 4 rings (SSSR count). The number of pyridine rings is 1. The Balaban J connectivity index is 1.44. The van der Waals surface area contributed by atoms with Gasteiger partial charge in [0.15, 0.2) is 0 Å². The summed E-state index contributed by atoms with van der Waals surface area (Å²) in [6, 6.07) is 14.6. The fraction of sp³-hybridized carbons (Fsp3) is 0.200. The van der Waals surface area contributed by atoms with Crippen LogP contribution in [0.2, 0.25) is 0 Å². The minimum atomic E-state index is -4.53. The predicted molar refractivity (Wildman–Crippen MR) is 121 cm³/mol. The number of aryl methyl sites for hydroxylation is 1. The van der Waals surface area contributed by atoms with E-state index in [2.05, 4.69) is 10.3 Å². The number of anilines is 2. The second kappa shape index (κ2) is 9.46. The van der Waals surface area contributed by atoms with E-state index in [0.29, 0.717) is 17.0 Å². The molecule has 1 aliphatic heterocycles. The molecular weight excluding hydrogens is 461 g/mol. The lowest BCUT2D eigenvalue weighted by Crippen LogP contribution is -2.28. The molecule has 10 heteroatoms. The molecule has 2 heterocycles. The normalized spacial score (nSPS) is 15.6. The van der Waals surface area contributed by atoms with Crippen molar-refractivity contribution in [1.82, 2.24) is 4.98 Å². The number of carbonyl (C=O) groups is 2. The van der Waals surface area contributed by atoms with E-state index >= 15 is 0 Å². The van der Waals surface area contributed by atoms with E-state index in [9.17, 15) is 22.8 Å². The van der Waals surface area contributed by atoms with Crippen molar-refractivity contribution < 1.29 is 27.5 Å². The van der Waals surface area contributed by atoms with Gasteiger partial charge in [0.1, 0.15) is 17.4 Å². The third-order valence-electron chi connectivity index (χ3n) is 5.54. The summed E-state index contributed by atoms with van der Waals surface area (Å²) in [6.45, 7) is 1.73. The van der Waals surface area contributed by atoms with Crippen LogP contribution in [0.1, 0.15) is 23.1 Å². The van der Waals surface area contributed by atoms with Crippen LogP contribution >= 0.6 is 0 Å². The zero-order chi connectivity index (χ0) is 25.2. The van der Waals surface area contributed by atoms with Crippen molar-refractivity contribution in [3.8, 4) is 17.7 Å². The Morgan fingerprint density at radius 1 is 1.20 bits per heavy atom. The Hall–Kier alpha value is -4.39. The molecular formula is C25H19F3N4O3. The number of benzene rings is 2. The van der Waals surface area contributed by atoms with E-state index in [1.807, 2.05) is 6.07 Å². The first-order chi connectivity index (χ1) is 16.7. The molecule has 3 aromatic rings. The Bertz CT molecular complexity index is 1330. The van der Waals surface area contributed by atoms with Crippen LogP contribution in [-0.4, -0.2) is 23.3 Å². The number of nitrogens with one attached hydrogen (secondary N) is 1. The molecule has 0 radical (unpaired) electrons. The monoisotopic (exact) mass is 480 g/mol. The van der Waals surface area contributed by atoms with Crippen molar-refractivity contribution in [2.24, 2.45) is 5.92 Å². The largest absolute Gasteiger partial charge is 0.438 e. The van der Waals surface area contributed by atoms with Crippen LogP contribution in [0, 0.1) is 24.2 Å². The fourth-order valence-electron chi connectivity index (χ4n) is 3.73. The summed E-state index contributed by atoms with van der Waals surface area (Å²) >= 11 is 0. The predicted octanol–water partition coefficient (Wildman–Crippen LogP) is 5.06. The van der Waals surface area contributed by atoms with E-state index in [1.54, 1.807) is 37.3 Å². The van der Waals surface area contributed by atoms with Crippen LogP contribution in [0.3, 0.4) is 0 Å². The van der Waals surface area contributed by atoms with Crippen molar-refractivity contribution in [3.05, 3.63) is 77.5 Å². The fourth-order valence-corrected chi connectivity index (χ4v) is 3.73. The zero-order valence-corrected chi connectivity index (χ0v) is 18.5. The van der Waals surface area contributed by atoms with Crippen molar-refractivity contribution in [2.75, 3.05) is 16.8 Å². The first kappa shape index (κ1) is 23.8. The molecule has 0 aliphatic carbocycles. The maximum Gasteiger partial charge on any atom is 0.416 e. The molecule has 1 aliphatic rings. The maximum absolute atomic E-state index is 13.0. The van der Waals surface area contributed by atoms with Crippen LogP contribution < -0.4 is 15.0 Å². The van der Waals surface area contributed by atoms with Crippen LogP contribution in [0.5, 0.6) is 11.6 Å². The molecule has 7 nitrogen and oxygen atoms in total. The Kier molecular flexibility index (Phi) is 6.42. The van der Waals surface area contributed by atoms with Gasteiger partial charge in [-0.05, 0) is 61.0 Å². The molecule has 2 amide bonds. The SMILES string of the molecule is Cc1cc(Oc2ncccc2C#N)ccc1NC(=O)C1CC(=O)N(c2cccc(C(F)(F)F)c2)C1. The van der Waals surface area contributed by atoms with Gasteiger partial charge in [0.2, 0.25) is 17.7 Å². The van der Waals surface area contributed by atoms with E-state index in [0.717, 1.165) is 12.1 Å². The Morgan fingerprint density at radius 3 is 2.71 bits per heavy atom. The second-order valence-electron chi connectivity index (χ2n) is 7.99. The van der Waals surface area contributed by atoms with Crippen LogP contribution in [0.15, 0.2) is 60.8 Å². The highest BCUT2D eigenvalue weighted by Crippen LogP contribution is 2.34. The molecule has 1 saturated heterocycles. The smallest absolute Gasteiger partial charge is 0.416 e. The average molecular weight is 480 g/mol. The van der Waals surface area contributed by atoms with Crippen molar-refractivity contribution in [1.29, 1.82) is 5.26 Å². The molecule has 2 aromatic carbocycles. The lowest BCUT2D eigenvalue weighted by Gasteiger charge is -2.18. The van der Waals surface area contributed by atoms with Gasteiger partial charge < -0.3 is 15.0 Å². The average Bonchev–Trinajstić information content (AvgIpc) is 3.22. The first-order valence-electron chi connectivity index (χ1n) is 10.6. The highest BCUT2D eigenvalue weighted by molar-refractivity contribution is 6.03. The molecule has 0 saturated carbocycles. The number of rotatable bonds is 5. The topological polar surface area (TPSA) is 95.3 Å². The van der Waals surface area contributed by atoms with Gasteiger partial charge in [0, 0.05) is 30.5 Å². The third kappa shape index (κ3) is 5.24. The lowest BCUT2D eigenvalue weighted by molar-refractivity contribution is -0.137. The number of amides is 2. The van der Waals surface area contributed by atoms with Gasteiger partial charge in [0.05, 0.1) is 11.5 Å². The number of hydrogen-bond donors (Lipinski definition) is 1. The van der Waals surface area contributed by atoms with Crippen molar-refractivity contribution in [3.63, 3.8) is 0 Å². The number of nitrogens with zero attached hydrogens (tertiary/aromatic N) is 3. The number of halogens is 3. The number of nitriles is 1. The van der Waals surface area contributed by atoms with Crippen LogP contribution in [0.4, 0.5) is 24.5 Å². The van der Waals surface area contributed by atoms with E-state index < -0.39 is 29.5 Å². The van der Waals surface area contributed by atoms with Gasteiger partial charge in [-0.2, -0.15) is 18.4 Å². The number of alkyl halides is 3. The Labute approximate surface area is 198 Å². The third-order valence-corrected chi connectivity index (χ3v) is 5.54. The first-order valence-corrected chi connectivity index (χ1v) is 10.6. The summed E-state index contributed by atoms with van der Waals surface area (Å²) in [4.78, 5) is 30.5. The van der Waals surface area contributed by atoms with Gasteiger partial charge in [-0.25, -0.2) is 4.98 Å². The Morgan fingerprint density at radius 2 is 2.00 bits per heavy atom. The molecule has 35 heavy (non-hydrogen) atoms. The minimum Gasteiger partial charge on any atom is -0.438 e. The highest BCUT2D eigenvalue weighted by atomic mass is 19.4. The van der Waals surface area contributed by atoms with Gasteiger partial charge in [0.25, 0.3) is 0 Å². The summed E-state index contributed by atoms with van der Waals surface area (Å²) in [5.41, 5.74) is 0.683. The molecule has 1 N–H and O–H groups in total. The standard InChI is InChI=1S/C25H19F3N4O3/c1-15-10-20(35-24-16(13-29)4-3-9-30-24)7-8-21(15)31-23(34)17-11-22(33)32(14-17)19-6-2-5-18(12-19)25(26,27)28/h2-10,12,17H,11,14H2,1H3,(H,31,34). The second-order valence-corrected chi connectivity index (χ2v) is 7.99. The van der Waals surface area contributed by atoms with Crippen molar-refractivity contribution >= 4 is 23.2 Å². The summed E-state index contributed by atoms with van der Waals surface area (Å²) in [6.07, 6.45) is -3.14. The number of carbonyl (C=O) groups excluding carboxylic acids is 2. The molecule has 1 atom stereocenters. The van der Waals surface area contributed by atoms with Crippen LogP contribution in [-0.2, 0) is 15.8 Å². The number of ether oxygens (including phenoxy) is 1. The number of aromatic nitrogens is 1. The summed E-state index contributed by atoms with van der Waals surface area (Å²) in [5, 5.41) is 11.9. The summed E-state index contributed by atoms with van der Waals surface area (Å²) in [5.74, 6) is -0.985. The van der Waals surface area contributed by atoms with E-state index in [4.69, 9.17) is 10.00 Å². The summed E-state index contributed by atoms with van der Waals surface area (Å²) < 4.78 is 44.8. The number of hydrogen-bond acceptors (Lipinski definition) is 5. The van der Waals surface area contributed by atoms with Gasteiger partial charge >= 0.3 is 6.18 Å². The summed E-state index contributed by atoms with van der Waals surface area (Å²) in [7, 11) is 0. The van der Waals surface area contributed by atoms with Crippen LogP contribution in [0.25, 0.3) is 0 Å². The maximum atomic E-state index is 13.0. The molecule has 1 unspecified atom stereocenters. The lowest BCUT2D eigenvalue weighted by atomic mass is 10.1. The molecule has 1 aromatic heterocycles. The zero-order valence-electron chi connectivity index (χ0n) is 18.5. The van der Waals surface area contributed by atoms with E-state index in [-0.39, 0.29) is 30.1 Å².